The zero-order valence-electron chi connectivity index (χ0n) is 8.31. The fourth-order valence-electron chi connectivity index (χ4n) is 1.20. The molecule has 0 spiro atoms. The number of nitrogens with zero attached hydrogens (tertiary/aromatic N) is 1. The van der Waals surface area contributed by atoms with Crippen LogP contribution in [0, 0.1) is 0 Å². The van der Waals surface area contributed by atoms with Crippen molar-refractivity contribution in [3.63, 3.8) is 0 Å². The van der Waals surface area contributed by atoms with E-state index in [0.29, 0.717) is 16.8 Å². The Morgan fingerprint density at radius 2 is 2.31 bits per heavy atom. The van der Waals surface area contributed by atoms with Gasteiger partial charge in [0.15, 0.2) is 0 Å². The highest BCUT2D eigenvalue weighted by atomic mass is 79.9. The lowest BCUT2D eigenvalue weighted by atomic mass is 10.3. The molecule has 5 heteroatoms. The van der Waals surface area contributed by atoms with Gasteiger partial charge in [-0.2, -0.15) is 11.3 Å². The predicted molar refractivity (Wildman–Crippen MR) is 67.4 cm³/mol. The molecule has 0 radical (unpaired) electrons. The van der Waals surface area contributed by atoms with E-state index in [9.17, 15) is 4.79 Å². The molecule has 2 aromatic heterocycles. The minimum Gasteiger partial charge on any atom is -0.347 e. The minimum atomic E-state index is -0.160. The van der Waals surface area contributed by atoms with Gasteiger partial charge in [0.25, 0.3) is 5.91 Å². The third kappa shape index (κ3) is 2.90. The van der Waals surface area contributed by atoms with Gasteiger partial charge in [-0.05, 0) is 50.5 Å². The van der Waals surface area contributed by atoms with Crippen LogP contribution < -0.4 is 5.32 Å². The lowest BCUT2D eigenvalue weighted by molar-refractivity contribution is 0.0946. The summed E-state index contributed by atoms with van der Waals surface area (Å²) in [5.41, 5.74) is 1.53. The van der Waals surface area contributed by atoms with E-state index < -0.39 is 0 Å². The van der Waals surface area contributed by atoms with Gasteiger partial charge in [0, 0.05) is 6.54 Å². The summed E-state index contributed by atoms with van der Waals surface area (Å²) in [6.45, 7) is 0.538. The zero-order chi connectivity index (χ0) is 11.4. The van der Waals surface area contributed by atoms with Crippen LogP contribution in [-0.2, 0) is 6.54 Å². The quantitative estimate of drug-likeness (QED) is 0.885. The first-order valence-electron chi connectivity index (χ1n) is 4.67. The molecule has 0 bridgehead atoms. The van der Waals surface area contributed by atoms with Gasteiger partial charge in [0.2, 0.25) is 0 Å². The number of carbonyl (C=O) groups is 1. The molecule has 2 rings (SSSR count). The second kappa shape index (κ2) is 5.23. The van der Waals surface area contributed by atoms with Crippen LogP contribution in [0.15, 0.2) is 39.6 Å². The largest absolute Gasteiger partial charge is 0.347 e. The number of rotatable bonds is 3. The smallest absolute Gasteiger partial charge is 0.270 e. The lowest BCUT2D eigenvalue weighted by Crippen LogP contribution is -2.23. The monoisotopic (exact) mass is 296 g/mol. The van der Waals surface area contributed by atoms with Crippen molar-refractivity contribution in [3.8, 4) is 0 Å². The Morgan fingerprint density at radius 3 is 3.00 bits per heavy atom. The Kier molecular flexibility index (Phi) is 3.69. The van der Waals surface area contributed by atoms with Crippen LogP contribution in [0.2, 0.25) is 0 Å². The number of hydrogen-bond donors (Lipinski definition) is 1. The number of amides is 1. The number of carbonyl (C=O) groups excluding carboxylic acids is 1. The summed E-state index contributed by atoms with van der Waals surface area (Å²) in [5.74, 6) is -0.160. The van der Waals surface area contributed by atoms with Crippen molar-refractivity contribution >= 4 is 33.2 Å². The van der Waals surface area contributed by atoms with E-state index in [2.05, 4.69) is 26.2 Å². The van der Waals surface area contributed by atoms with E-state index in [1.54, 1.807) is 29.5 Å². The maximum Gasteiger partial charge on any atom is 0.270 e. The molecule has 0 saturated carbocycles. The van der Waals surface area contributed by atoms with Crippen molar-refractivity contribution in [3.05, 3.63) is 50.9 Å². The normalized spacial score (nSPS) is 10.1. The lowest BCUT2D eigenvalue weighted by Gasteiger charge is -2.03. The number of pyridine rings is 1. The Labute approximate surface area is 106 Å². The maximum atomic E-state index is 11.7. The molecule has 0 atom stereocenters. The molecule has 0 saturated heterocycles. The molecule has 0 aromatic carbocycles. The first-order valence-corrected chi connectivity index (χ1v) is 6.41. The van der Waals surface area contributed by atoms with Gasteiger partial charge >= 0.3 is 0 Å². The van der Waals surface area contributed by atoms with Gasteiger partial charge in [0.05, 0.1) is 0 Å². The molecule has 0 fully saturated rings. The molecule has 0 aliphatic carbocycles. The summed E-state index contributed by atoms with van der Waals surface area (Å²) < 4.78 is 0.663. The third-order valence-corrected chi connectivity index (χ3v) is 3.15. The van der Waals surface area contributed by atoms with E-state index >= 15 is 0 Å². The van der Waals surface area contributed by atoms with Crippen LogP contribution in [0.1, 0.15) is 16.1 Å². The van der Waals surface area contributed by atoms with Gasteiger partial charge in [-0.1, -0.05) is 6.07 Å². The van der Waals surface area contributed by atoms with E-state index in [-0.39, 0.29) is 5.91 Å². The Bertz CT molecular complexity index is 484. The summed E-state index contributed by atoms with van der Waals surface area (Å²) in [6.07, 6.45) is 0. The molecule has 0 aliphatic rings. The minimum absolute atomic E-state index is 0.160. The molecular formula is C11H9BrN2OS. The van der Waals surface area contributed by atoms with Crippen LogP contribution in [0.25, 0.3) is 0 Å². The van der Waals surface area contributed by atoms with Crippen LogP contribution in [-0.4, -0.2) is 10.9 Å². The molecule has 2 heterocycles. The van der Waals surface area contributed by atoms with Crippen LogP contribution in [0.4, 0.5) is 0 Å². The predicted octanol–water partition coefficient (Wildman–Crippen LogP) is 2.84. The molecular weight excluding hydrogens is 288 g/mol. The molecule has 16 heavy (non-hydrogen) atoms. The fourth-order valence-corrected chi connectivity index (χ4v) is 2.21. The summed E-state index contributed by atoms with van der Waals surface area (Å²) >= 11 is 4.85. The second-order valence-corrected chi connectivity index (χ2v) is 4.75. The second-order valence-electron chi connectivity index (χ2n) is 3.16. The Morgan fingerprint density at radius 1 is 1.44 bits per heavy atom. The van der Waals surface area contributed by atoms with Crippen molar-refractivity contribution in [2.45, 2.75) is 6.54 Å². The zero-order valence-corrected chi connectivity index (χ0v) is 10.7. The van der Waals surface area contributed by atoms with E-state index in [4.69, 9.17) is 0 Å². The standard InChI is InChI=1S/C11H9BrN2OS/c12-10-3-1-2-9(14-10)11(15)13-6-8-4-5-16-7-8/h1-5,7H,6H2,(H,13,15). The topological polar surface area (TPSA) is 42.0 Å². The number of hydrogen-bond acceptors (Lipinski definition) is 3. The summed E-state index contributed by atoms with van der Waals surface area (Å²) in [7, 11) is 0. The van der Waals surface area contributed by atoms with Crippen LogP contribution >= 0.6 is 27.3 Å². The van der Waals surface area contributed by atoms with Crippen molar-refractivity contribution < 1.29 is 4.79 Å². The highest BCUT2D eigenvalue weighted by Gasteiger charge is 2.06. The van der Waals surface area contributed by atoms with Crippen LogP contribution in [0.3, 0.4) is 0 Å². The van der Waals surface area contributed by atoms with Gasteiger partial charge in [-0.3, -0.25) is 4.79 Å². The van der Waals surface area contributed by atoms with Gasteiger partial charge in [0.1, 0.15) is 10.3 Å². The van der Waals surface area contributed by atoms with Crippen molar-refractivity contribution in [1.82, 2.24) is 10.3 Å². The van der Waals surface area contributed by atoms with Gasteiger partial charge < -0.3 is 5.32 Å². The highest BCUT2D eigenvalue weighted by molar-refractivity contribution is 9.10. The van der Waals surface area contributed by atoms with Crippen LogP contribution in [0.5, 0.6) is 0 Å². The fraction of sp³-hybridized carbons (Fsp3) is 0.0909. The number of aromatic nitrogens is 1. The average molecular weight is 297 g/mol. The molecule has 1 N–H and O–H groups in total. The van der Waals surface area contributed by atoms with Crippen molar-refractivity contribution in [2.75, 3.05) is 0 Å². The summed E-state index contributed by atoms with van der Waals surface area (Å²) in [6, 6.07) is 7.25. The van der Waals surface area contributed by atoms with E-state index in [0.717, 1.165) is 5.56 Å². The molecule has 2 aromatic rings. The number of nitrogens with one attached hydrogen (secondary N) is 1. The number of thiophene rings is 1. The van der Waals surface area contributed by atoms with E-state index in [1.165, 1.54) is 0 Å². The molecule has 3 nitrogen and oxygen atoms in total. The Balaban J connectivity index is 1.98. The Hall–Kier alpha value is -1.20. The average Bonchev–Trinajstić information content (AvgIpc) is 2.78. The molecule has 1 amide bonds. The molecule has 0 unspecified atom stereocenters. The first-order chi connectivity index (χ1) is 7.75. The molecule has 82 valence electrons. The third-order valence-electron chi connectivity index (χ3n) is 1.98. The van der Waals surface area contributed by atoms with Crippen molar-refractivity contribution in [2.24, 2.45) is 0 Å². The summed E-state index contributed by atoms with van der Waals surface area (Å²) in [4.78, 5) is 15.8. The maximum absolute atomic E-state index is 11.7. The first kappa shape index (κ1) is 11.3. The number of halogens is 1. The van der Waals surface area contributed by atoms with E-state index in [1.807, 2.05) is 16.8 Å². The summed E-state index contributed by atoms with van der Waals surface area (Å²) in [5, 5.41) is 6.81. The SMILES string of the molecule is O=C(NCc1ccsc1)c1cccc(Br)n1. The molecule has 0 aliphatic heterocycles. The van der Waals surface area contributed by atoms with Gasteiger partial charge in [-0.25, -0.2) is 4.98 Å². The van der Waals surface area contributed by atoms with Gasteiger partial charge in [-0.15, -0.1) is 0 Å². The van der Waals surface area contributed by atoms with Crippen molar-refractivity contribution in [1.29, 1.82) is 0 Å². The highest BCUT2D eigenvalue weighted by Crippen LogP contribution is 2.07.